The van der Waals surface area contributed by atoms with Crippen molar-refractivity contribution in [3.05, 3.63) is 34.9 Å². The highest BCUT2D eigenvalue weighted by Crippen LogP contribution is 2.32. The average Bonchev–Trinajstić information content (AvgIpc) is 2.70. The van der Waals surface area contributed by atoms with Crippen molar-refractivity contribution in [1.82, 2.24) is 5.32 Å². The van der Waals surface area contributed by atoms with Gasteiger partial charge in [0.1, 0.15) is 0 Å². The van der Waals surface area contributed by atoms with E-state index >= 15 is 0 Å². The van der Waals surface area contributed by atoms with Crippen LogP contribution in [-0.4, -0.2) is 17.0 Å². The first-order valence-corrected chi connectivity index (χ1v) is 6.46. The zero-order chi connectivity index (χ0) is 14.2. The minimum absolute atomic E-state index is 0.00826. The molecular formula is C15H19NO3. The van der Waals surface area contributed by atoms with Crippen molar-refractivity contribution >= 4 is 11.9 Å². The molecule has 4 heteroatoms. The van der Waals surface area contributed by atoms with Crippen LogP contribution in [0.4, 0.5) is 0 Å². The molecule has 0 fully saturated rings. The molecule has 19 heavy (non-hydrogen) atoms. The van der Waals surface area contributed by atoms with Crippen LogP contribution in [0.15, 0.2) is 18.2 Å². The molecule has 1 aliphatic rings. The van der Waals surface area contributed by atoms with E-state index in [4.69, 9.17) is 5.11 Å². The number of carboxylic acid groups (broad SMARTS) is 1. The Morgan fingerprint density at radius 1 is 1.32 bits per heavy atom. The van der Waals surface area contributed by atoms with E-state index in [1.165, 1.54) is 0 Å². The minimum atomic E-state index is -0.935. The van der Waals surface area contributed by atoms with Crippen molar-refractivity contribution in [2.75, 3.05) is 0 Å². The summed E-state index contributed by atoms with van der Waals surface area (Å²) in [6.45, 7) is 5.60. The number of amides is 1. The topological polar surface area (TPSA) is 66.4 Å². The summed E-state index contributed by atoms with van der Waals surface area (Å²) >= 11 is 0. The van der Waals surface area contributed by atoms with Crippen LogP contribution >= 0.6 is 0 Å². The minimum Gasteiger partial charge on any atom is -0.478 e. The maximum atomic E-state index is 12.0. The van der Waals surface area contributed by atoms with Gasteiger partial charge in [0.05, 0.1) is 11.6 Å². The molecule has 0 spiro atoms. The van der Waals surface area contributed by atoms with E-state index < -0.39 is 11.4 Å². The van der Waals surface area contributed by atoms with Gasteiger partial charge in [0.2, 0.25) is 5.91 Å². The van der Waals surface area contributed by atoms with Crippen molar-refractivity contribution in [1.29, 1.82) is 0 Å². The highest BCUT2D eigenvalue weighted by molar-refractivity contribution is 5.88. The summed E-state index contributed by atoms with van der Waals surface area (Å²) in [5.41, 5.74) is 1.91. The molecule has 0 radical (unpaired) electrons. The Hall–Kier alpha value is -1.84. The number of carbonyl (C=O) groups excluding carboxylic acids is 1. The first-order valence-electron chi connectivity index (χ1n) is 6.46. The highest BCUT2D eigenvalue weighted by Gasteiger charge is 2.29. The summed E-state index contributed by atoms with van der Waals surface area (Å²) < 4.78 is 0. The van der Waals surface area contributed by atoms with Gasteiger partial charge in [-0.1, -0.05) is 26.8 Å². The van der Waals surface area contributed by atoms with Gasteiger partial charge in [0.15, 0.2) is 0 Å². The summed E-state index contributed by atoms with van der Waals surface area (Å²) in [7, 11) is 0. The molecule has 4 nitrogen and oxygen atoms in total. The van der Waals surface area contributed by atoms with Gasteiger partial charge in [-0.05, 0) is 36.1 Å². The number of benzene rings is 1. The molecule has 1 aliphatic carbocycles. The third kappa shape index (κ3) is 2.78. The van der Waals surface area contributed by atoms with E-state index in [-0.39, 0.29) is 17.5 Å². The van der Waals surface area contributed by atoms with Gasteiger partial charge in [0.25, 0.3) is 0 Å². The second-order valence-electron chi connectivity index (χ2n) is 6.03. The van der Waals surface area contributed by atoms with E-state index in [1.807, 2.05) is 26.8 Å². The lowest BCUT2D eigenvalue weighted by atomic mass is 9.94. The first-order chi connectivity index (χ1) is 8.79. The molecule has 0 aliphatic heterocycles. The molecule has 102 valence electrons. The lowest BCUT2D eigenvalue weighted by molar-refractivity contribution is -0.129. The van der Waals surface area contributed by atoms with Crippen LogP contribution in [0.5, 0.6) is 0 Å². The molecule has 0 saturated heterocycles. The molecular weight excluding hydrogens is 242 g/mol. The lowest BCUT2D eigenvalue weighted by Gasteiger charge is -2.22. The maximum Gasteiger partial charge on any atom is 0.335 e. The van der Waals surface area contributed by atoms with Crippen LogP contribution in [-0.2, 0) is 11.2 Å². The molecule has 1 unspecified atom stereocenters. The largest absolute Gasteiger partial charge is 0.478 e. The molecule has 0 bridgehead atoms. The Labute approximate surface area is 112 Å². The Morgan fingerprint density at radius 2 is 2.00 bits per heavy atom. The van der Waals surface area contributed by atoms with Crippen molar-refractivity contribution < 1.29 is 14.7 Å². The summed E-state index contributed by atoms with van der Waals surface area (Å²) in [6.07, 6.45) is 1.71. The highest BCUT2D eigenvalue weighted by atomic mass is 16.4. The quantitative estimate of drug-likeness (QED) is 0.859. The van der Waals surface area contributed by atoms with E-state index in [2.05, 4.69) is 5.32 Å². The summed E-state index contributed by atoms with van der Waals surface area (Å²) in [5.74, 6) is -0.943. The van der Waals surface area contributed by atoms with Crippen molar-refractivity contribution in [2.45, 2.75) is 39.7 Å². The molecule has 1 amide bonds. The Balaban J connectivity index is 2.23. The van der Waals surface area contributed by atoms with Crippen molar-refractivity contribution in [3.63, 3.8) is 0 Å². The number of hydrogen-bond donors (Lipinski definition) is 2. The van der Waals surface area contributed by atoms with Gasteiger partial charge in [-0.2, -0.15) is 0 Å². The lowest BCUT2D eigenvalue weighted by Crippen LogP contribution is -2.36. The van der Waals surface area contributed by atoms with Gasteiger partial charge in [0, 0.05) is 5.41 Å². The van der Waals surface area contributed by atoms with Gasteiger partial charge < -0.3 is 10.4 Å². The maximum absolute atomic E-state index is 12.0. The van der Waals surface area contributed by atoms with Crippen LogP contribution in [0.3, 0.4) is 0 Å². The van der Waals surface area contributed by atoms with Gasteiger partial charge in [-0.15, -0.1) is 0 Å². The SMILES string of the molecule is CC(C)(C)C(=O)NC1CCc2ccc(C(=O)O)cc21. The first kappa shape index (κ1) is 13.6. The van der Waals surface area contributed by atoms with Crippen LogP contribution in [0.25, 0.3) is 0 Å². The Morgan fingerprint density at radius 3 is 2.58 bits per heavy atom. The predicted molar refractivity (Wildman–Crippen MR) is 72.1 cm³/mol. The standard InChI is InChI=1S/C15H19NO3/c1-15(2,3)14(19)16-12-7-6-9-4-5-10(13(17)18)8-11(9)12/h4-5,8,12H,6-7H2,1-3H3,(H,16,19)(H,17,18). The molecule has 2 rings (SSSR count). The molecule has 1 aromatic carbocycles. The number of carbonyl (C=O) groups is 2. The van der Waals surface area contributed by atoms with Gasteiger partial charge >= 0.3 is 5.97 Å². The average molecular weight is 261 g/mol. The van der Waals surface area contributed by atoms with Crippen LogP contribution in [0.2, 0.25) is 0 Å². The van der Waals surface area contributed by atoms with E-state index in [1.54, 1.807) is 12.1 Å². The normalized spacial score (nSPS) is 17.9. The van der Waals surface area contributed by atoms with E-state index in [9.17, 15) is 9.59 Å². The Bertz CT molecular complexity index is 529. The molecule has 1 aromatic rings. The fourth-order valence-electron chi connectivity index (χ4n) is 2.26. The van der Waals surface area contributed by atoms with Crippen LogP contribution in [0, 0.1) is 5.41 Å². The zero-order valence-corrected chi connectivity index (χ0v) is 11.5. The molecule has 0 heterocycles. The third-order valence-corrected chi connectivity index (χ3v) is 3.46. The van der Waals surface area contributed by atoms with E-state index in [0.29, 0.717) is 0 Å². The number of hydrogen-bond acceptors (Lipinski definition) is 2. The number of fused-ring (bicyclic) bond motifs is 1. The molecule has 0 saturated carbocycles. The monoisotopic (exact) mass is 261 g/mol. The fraction of sp³-hybridized carbons (Fsp3) is 0.467. The summed E-state index contributed by atoms with van der Waals surface area (Å²) in [5, 5.41) is 12.0. The zero-order valence-electron chi connectivity index (χ0n) is 11.5. The smallest absolute Gasteiger partial charge is 0.335 e. The number of aryl methyl sites for hydroxylation is 1. The number of aromatic carboxylic acids is 1. The second kappa shape index (κ2) is 4.68. The molecule has 1 atom stereocenters. The van der Waals surface area contributed by atoms with Crippen molar-refractivity contribution in [2.24, 2.45) is 5.41 Å². The van der Waals surface area contributed by atoms with Crippen LogP contribution < -0.4 is 5.32 Å². The molecule has 2 N–H and O–H groups in total. The fourth-order valence-corrected chi connectivity index (χ4v) is 2.26. The van der Waals surface area contributed by atoms with Gasteiger partial charge in [-0.3, -0.25) is 4.79 Å². The number of carboxylic acids is 1. The summed E-state index contributed by atoms with van der Waals surface area (Å²) in [4.78, 5) is 23.0. The number of nitrogens with one attached hydrogen (secondary N) is 1. The van der Waals surface area contributed by atoms with Gasteiger partial charge in [-0.25, -0.2) is 4.79 Å². The van der Waals surface area contributed by atoms with Crippen molar-refractivity contribution in [3.8, 4) is 0 Å². The Kier molecular flexibility index (Phi) is 3.35. The molecule has 0 aromatic heterocycles. The third-order valence-electron chi connectivity index (χ3n) is 3.46. The van der Waals surface area contributed by atoms with E-state index in [0.717, 1.165) is 24.0 Å². The second-order valence-corrected chi connectivity index (χ2v) is 6.03. The number of rotatable bonds is 2. The summed E-state index contributed by atoms with van der Waals surface area (Å²) in [6, 6.07) is 5.08. The van der Waals surface area contributed by atoms with Crippen LogP contribution in [0.1, 0.15) is 54.7 Å². The predicted octanol–water partition coefficient (Wildman–Crippen LogP) is 2.53.